The largest absolute Gasteiger partial charge is 0.488 e. The molecule has 6 heteroatoms. The van der Waals surface area contributed by atoms with Crippen molar-refractivity contribution in [2.24, 2.45) is 5.73 Å². The second kappa shape index (κ2) is 4.89. The first-order valence-corrected chi connectivity index (χ1v) is 6.69. The Hall–Kier alpha value is -2.34. The molecule has 0 saturated carbocycles. The number of esters is 1. The van der Waals surface area contributed by atoms with E-state index in [-0.39, 0.29) is 11.9 Å². The number of H-pyrrole nitrogens is 1. The van der Waals surface area contributed by atoms with E-state index >= 15 is 0 Å². The number of aromatic nitrogens is 1. The van der Waals surface area contributed by atoms with E-state index < -0.39 is 5.97 Å². The summed E-state index contributed by atoms with van der Waals surface area (Å²) in [5.74, 6) is 0.136. The molecular weight excluding hydrogens is 272 g/mol. The lowest BCUT2D eigenvalue weighted by molar-refractivity contribution is 0.0595. The quantitative estimate of drug-likeness (QED) is 0.658. The Bertz CT molecular complexity index is 748. The molecule has 1 unspecified atom stereocenters. The summed E-state index contributed by atoms with van der Waals surface area (Å²) in [5, 5.41) is 0.717. The first kappa shape index (κ1) is 13.6. The molecule has 3 rings (SSSR count). The first-order chi connectivity index (χ1) is 10.0. The van der Waals surface area contributed by atoms with Crippen LogP contribution in [0.2, 0.25) is 0 Å². The Morgan fingerprint density at radius 2 is 2.24 bits per heavy atom. The van der Waals surface area contributed by atoms with Crippen LogP contribution in [0.3, 0.4) is 0 Å². The summed E-state index contributed by atoms with van der Waals surface area (Å²) >= 11 is 0. The zero-order chi connectivity index (χ0) is 15.1. The molecule has 0 radical (unpaired) electrons. The summed E-state index contributed by atoms with van der Waals surface area (Å²) in [4.78, 5) is 26.5. The molecule has 0 spiro atoms. The molecule has 0 aliphatic carbocycles. The summed E-state index contributed by atoms with van der Waals surface area (Å²) in [5.41, 5.74) is 8.03. The van der Waals surface area contributed by atoms with Gasteiger partial charge in [-0.05, 0) is 24.6 Å². The summed E-state index contributed by atoms with van der Waals surface area (Å²) in [6, 6.07) is 3.47. The number of carbonyl (C=O) groups is 2. The second-order valence-electron chi connectivity index (χ2n) is 5.11. The maximum absolute atomic E-state index is 11.9. The van der Waals surface area contributed by atoms with Crippen molar-refractivity contribution in [3.63, 3.8) is 0 Å². The van der Waals surface area contributed by atoms with Gasteiger partial charge in [0.15, 0.2) is 5.78 Å². The Morgan fingerprint density at radius 1 is 1.48 bits per heavy atom. The number of benzene rings is 1. The highest BCUT2D eigenvalue weighted by molar-refractivity contribution is 6.10. The number of carbonyl (C=O) groups excluding carboxylic acids is 2. The van der Waals surface area contributed by atoms with Crippen LogP contribution < -0.4 is 10.5 Å². The predicted octanol–water partition coefficient (Wildman–Crippen LogP) is 1.42. The van der Waals surface area contributed by atoms with E-state index in [9.17, 15) is 9.59 Å². The van der Waals surface area contributed by atoms with Gasteiger partial charge in [-0.25, -0.2) is 4.79 Å². The van der Waals surface area contributed by atoms with Gasteiger partial charge in [0.2, 0.25) is 0 Å². The topological polar surface area (TPSA) is 94.4 Å². The number of hydrogen-bond acceptors (Lipinski definition) is 5. The lowest BCUT2D eigenvalue weighted by Crippen LogP contribution is -2.24. The maximum atomic E-state index is 11.9. The smallest absolute Gasteiger partial charge is 0.354 e. The molecule has 1 aromatic heterocycles. The van der Waals surface area contributed by atoms with E-state index in [2.05, 4.69) is 4.98 Å². The fourth-order valence-electron chi connectivity index (χ4n) is 2.70. The van der Waals surface area contributed by atoms with Gasteiger partial charge in [-0.15, -0.1) is 0 Å². The molecule has 110 valence electrons. The molecule has 1 atom stereocenters. The van der Waals surface area contributed by atoms with Crippen molar-refractivity contribution in [2.75, 3.05) is 13.7 Å². The van der Waals surface area contributed by atoms with Gasteiger partial charge in [-0.2, -0.15) is 0 Å². The average Bonchev–Trinajstić information content (AvgIpc) is 3.08. The number of aromatic amines is 1. The van der Waals surface area contributed by atoms with Crippen molar-refractivity contribution < 1.29 is 19.1 Å². The number of ether oxygens (including phenoxy) is 2. The third-order valence-electron chi connectivity index (χ3n) is 3.72. The van der Waals surface area contributed by atoms with Crippen LogP contribution >= 0.6 is 0 Å². The monoisotopic (exact) mass is 288 g/mol. The van der Waals surface area contributed by atoms with Crippen molar-refractivity contribution in [1.29, 1.82) is 0 Å². The van der Waals surface area contributed by atoms with Crippen LogP contribution in [0.15, 0.2) is 12.1 Å². The molecule has 0 bridgehead atoms. The molecule has 3 N–H and O–H groups in total. The van der Waals surface area contributed by atoms with E-state index in [4.69, 9.17) is 15.2 Å². The van der Waals surface area contributed by atoms with Crippen LogP contribution in [0.4, 0.5) is 0 Å². The van der Waals surface area contributed by atoms with Crippen molar-refractivity contribution >= 4 is 22.7 Å². The summed E-state index contributed by atoms with van der Waals surface area (Å²) in [7, 11) is 1.31. The number of nitrogens with two attached hydrogens (primary N) is 1. The van der Waals surface area contributed by atoms with Gasteiger partial charge in [-0.1, -0.05) is 0 Å². The van der Waals surface area contributed by atoms with Gasteiger partial charge >= 0.3 is 5.97 Å². The first-order valence-electron chi connectivity index (χ1n) is 6.69. The zero-order valence-electron chi connectivity index (χ0n) is 11.9. The van der Waals surface area contributed by atoms with E-state index in [1.807, 2.05) is 6.07 Å². The molecule has 6 nitrogen and oxygen atoms in total. The van der Waals surface area contributed by atoms with Gasteiger partial charge in [0.1, 0.15) is 17.5 Å². The minimum Gasteiger partial charge on any atom is -0.488 e. The van der Waals surface area contributed by atoms with Crippen molar-refractivity contribution in [3.05, 3.63) is 29.0 Å². The number of methoxy groups -OCH3 is 1. The van der Waals surface area contributed by atoms with E-state index in [1.54, 1.807) is 6.07 Å². The average molecular weight is 288 g/mol. The highest BCUT2D eigenvalue weighted by atomic mass is 16.5. The van der Waals surface area contributed by atoms with Crippen molar-refractivity contribution in [1.82, 2.24) is 4.98 Å². The van der Waals surface area contributed by atoms with Gasteiger partial charge in [-0.3, -0.25) is 4.79 Å². The third kappa shape index (κ3) is 2.08. The van der Waals surface area contributed by atoms with Crippen LogP contribution in [0.5, 0.6) is 5.75 Å². The van der Waals surface area contributed by atoms with Crippen molar-refractivity contribution in [2.45, 2.75) is 19.4 Å². The summed E-state index contributed by atoms with van der Waals surface area (Å²) < 4.78 is 10.5. The lowest BCUT2D eigenvalue weighted by Gasteiger charge is -2.07. The fraction of sp³-hybridized carbons (Fsp3) is 0.333. The number of rotatable bonds is 3. The molecule has 0 saturated heterocycles. The predicted molar refractivity (Wildman–Crippen MR) is 76.8 cm³/mol. The number of ketones is 1. The Labute approximate surface area is 121 Å². The van der Waals surface area contributed by atoms with Crippen LogP contribution in [-0.2, 0) is 11.2 Å². The highest BCUT2D eigenvalue weighted by Gasteiger charge is 2.28. The van der Waals surface area contributed by atoms with E-state index in [0.717, 1.165) is 5.56 Å². The SMILES string of the molecule is COC(=O)c1cc2c3c(cc(C(C)=O)c2[nH]1)CC(CN)O3. The fourth-order valence-corrected chi connectivity index (χ4v) is 2.70. The number of Topliss-reactive ketones (excluding diaryl/α,β-unsaturated/α-hetero) is 1. The van der Waals surface area contributed by atoms with E-state index in [1.165, 1.54) is 14.0 Å². The van der Waals surface area contributed by atoms with Crippen molar-refractivity contribution in [3.8, 4) is 5.75 Å². The Balaban J connectivity index is 2.25. The molecule has 1 aliphatic heterocycles. The minimum absolute atomic E-state index is 0.0720. The third-order valence-corrected chi connectivity index (χ3v) is 3.72. The van der Waals surface area contributed by atoms with Crippen LogP contribution in [0, 0.1) is 0 Å². The Morgan fingerprint density at radius 3 is 2.86 bits per heavy atom. The van der Waals surface area contributed by atoms with Crippen LogP contribution in [0.1, 0.15) is 33.3 Å². The zero-order valence-corrected chi connectivity index (χ0v) is 11.9. The number of hydrogen-bond donors (Lipinski definition) is 2. The summed E-state index contributed by atoms with van der Waals surface area (Å²) in [6.45, 7) is 1.90. The van der Waals surface area contributed by atoms with Gasteiger partial charge in [0.25, 0.3) is 0 Å². The molecule has 1 aromatic carbocycles. The maximum Gasteiger partial charge on any atom is 0.354 e. The highest BCUT2D eigenvalue weighted by Crippen LogP contribution is 2.38. The molecule has 21 heavy (non-hydrogen) atoms. The molecule has 0 fully saturated rings. The minimum atomic E-state index is -0.483. The molecule has 2 aromatic rings. The van der Waals surface area contributed by atoms with Crippen LogP contribution in [-0.4, -0.2) is 36.5 Å². The molecule has 2 heterocycles. The molecule has 1 aliphatic rings. The Kier molecular flexibility index (Phi) is 3.17. The van der Waals surface area contributed by atoms with Crippen LogP contribution in [0.25, 0.3) is 10.9 Å². The molecular formula is C15H16N2O4. The number of fused-ring (bicyclic) bond motifs is 3. The lowest BCUT2D eigenvalue weighted by atomic mass is 10.0. The van der Waals surface area contributed by atoms with Gasteiger partial charge < -0.3 is 20.2 Å². The van der Waals surface area contributed by atoms with Gasteiger partial charge in [0.05, 0.1) is 12.6 Å². The normalized spacial score (nSPS) is 16.6. The number of nitrogens with one attached hydrogen (secondary N) is 1. The second-order valence-corrected chi connectivity index (χ2v) is 5.11. The molecule has 0 amide bonds. The van der Waals surface area contributed by atoms with Gasteiger partial charge in [0, 0.05) is 23.9 Å². The van der Waals surface area contributed by atoms with E-state index in [0.29, 0.717) is 40.9 Å². The standard InChI is InChI=1S/C15H16N2O4/c1-7(18)10-4-8-3-9(6-16)21-14(8)11-5-12(15(19)20-2)17-13(10)11/h4-5,9,17H,3,6,16H2,1-2H3. The summed E-state index contributed by atoms with van der Waals surface area (Å²) in [6.07, 6.45) is 0.572.